The SMILES string of the molecule is CC1(CO)OC[C@@]2(C)CC[C@@H]12. The van der Waals surface area contributed by atoms with E-state index in [1.54, 1.807) is 0 Å². The lowest BCUT2D eigenvalue weighted by Crippen LogP contribution is -2.46. The van der Waals surface area contributed by atoms with Gasteiger partial charge in [0.25, 0.3) is 0 Å². The molecule has 0 bridgehead atoms. The van der Waals surface area contributed by atoms with Gasteiger partial charge in [0, 0.05) is 0 Å². The second-order valence-electron chi connectivity index (χ2n) is 4.50. The van der Waals surface area contributed by atoms with Crippen LogP contribution in [-0.4, -0.2) is 23.9 Å². The number of rotatable bonds is 1. The first kappa shape index (κ1) is 7.56. The van der Waals surface area contributed by atoms with Crippen molar-refractivity contribution < 1.29 is 9.84 Å². The summed E-state index contributed by atoms with van der Waals surface area (Å²) < 4.78 is 5.63. The van der Waals surface area contributed by atoms with Crippen molar-refractivity contribution >= 4 is 0 Å². The van der Waals surface area contributed by atoms with Crippen LogP contribution in [0.1, 0.15) is 26.7 Å². The van der Waals surface area contributed by atoms with E-state index in [2.05, 4.69) is 6.92 Å². The number of aliphatic hydroxyl groups is 1. The Balaban J connectivity index is 2.19. The molecule has 1 aliphatic heterocycles. The molecule has 2 nitrogen and oxygen atoms in total. The average molecular weight is 156 g/mol. The lowest BCUT2D eigenvalue weighted by molar-refractivity contribution is -0.0566. The van der Waals surface area contributed by atoms with E-state index < -0.39 is 0 Å². The highest BCUT2D eigenvalue weighted by molar-refractivity contribution is 5.06. The summed E-state index contributed by atoms with van der Waals surface area (Å²) >= 11 is 0. The molecule has 1 aliphatic carbocycles. The number of hydrogen-bond acceptors (Lipinski definition) is 2. The maximum atomic E-state index is 9.14. The first-order valence-electron chi connectivity index (χ1n) is 4.36. The fourth-order valence-corrected chi connectivity index (χ4v) is 2.58. The quantitative estimate of drug-likeness (QED) is 0.618. The zero-order valence-electron chi connectivity index (χ0n) is 7.26. The Bertz CT molecular complexity index is 180. The zero-order chi connectivity index (χ0) is 8.11. The lowest BCUT2D eigenvalue weighted by atomic mass is 9.58. The first-order chi connectivity index (χ1) is 5.11. The summed E-state index contributed by atoms with van der Waals surface area (Å²) in [5, 5.41) is 9.14. The van der Waals surface area contributed by atoms with Crippen molar-refractivity contribution in [1.82, 2.24) is 0 Å². The molecule has 1 unspecified atom stereocenters. The van der Waals surface area contributed by atoms with Crippen molar-refractivity contribution in [3.8, 4) is 0 Å². The summed E-state index contributed by atoms with van der Waals surface area (Å²) in [4.78, 5) is 0. The number of ether oxygens (including phenoxy) is 1. The third-order valence-corrected chi connectivity index (χ3v) is 3.63. The number of aliphatic hydroxyl groups excluding tert-OH is 1. The largest absolute Gasteiger partial charge is 0.393 e. The Labute approximate surface area is 67.6 Å². The summed E-state index contributed by atoms with van der Waals surface area (Å²) in [6.07, 6.45) is 2.50. The Hall–Kier alpha value is -0.0800. The van der Waals surface area contributed by atoms with Gasteiger partial charge in [-0.1, -0.05) is 6.92 Å². The third kappa shape index (κ3) is 0.798. The van der Waals surface area contributed by atoms with Crippen LogP contribution in [0, 0.1) is 11.3 Å². The minimum atomic E-state index is -0.229. The average Bonchev–Trinajstić information content (AvgIpc) is 2.12. The molecule has 2 aliphatic rings. The van der Waals surface area contributed by atoms with E-state index in [-0.39, 0.29) is 12.2 Å². The van der Waals surface area contributed by atoms with E-state index in [0.29, 0.717) is 11.3 Å². The molecule has 0 spiro atoms. The van der Waals surface area contributed by atoms with E-state index in [1.165, 1.54) is 12.8 Å². The van der Waals surface area contributed by atoms with E-state index in [9.17, 15) is 0 Å². The molecule has 0 aromatic carbocycles. The van der Waals surface area contributed by atoms with Crippen LogP contribution in [0.2, 0.25) is 0 Å². The third-order valence-electron chi connectivity index (χ3n) is 3.63. The predicted molar refractivity (Wildman–Crippen MR) is 42.3 cm³/mol. The van der Waals surface area contributed by atoms with E-state index in [4.69, 9.17) is 9.84 Å². The van der Waals surface area contributed by atoms with Gasteiger partial charge in [-0.3, -0.25) is 0 Å². The Kier molecular flexibility index (Phi) is 1.37. The summed E-state index contributed by atoms with van der Waals surface area (Å²) in [6, 6.07) is 0. The van der Waals surface area contributed by atoms with E-state index in [1.807, 2.05) is 6.92 Å². The molecule has 1 saturated carbocycles. The molecule has 2 rings (SSSR count). The maximum absolute atomic E-state index is 9.14. The van der Waals surface area contributed by atoms with Crippen LogP contribution < -0.4 is 0 Å². The summed E-state index contributed by atoms with van der Waals surface area (Å²) in [5.74, 6) is 0.597. The van der Waals surface area contributed by atoms with Crippen molar-refractivity contribution in [2.75, 3.05) is 13.2 Å². The normalized spacial score (nSPS) is 55.4. The van der Waals surface area contributed by atoms with Gasteiger partial charge < -0.3 is 9.84 Å². The minimum Gasteiger partial charge on any atom is -0.393 e. The second-order valence-corrected chi connectivity index (χ2v) is 4.50. The van der Waals surface area contributed by atoms with Crippen LogP contribution in [0.3, 0.4) is 0 Å². The standard InChI is InChI=1S/C9H16O2/c1-8-4-3-7(8)9(2,5-10)11-6-8/h7,10H,3-6H2,1-2H3/t7-,8-,9?/m1/s1. The highest BCUT2D eigenvalue weighted by Gasteiger charge is 2.58. The fraction of sp³-hybridized carbons (Fsp3) is 1.00. The van der Waals surface area contributed by atoms with Crippen LogP contribution in [0.25, 0.3) is 0 Å². The molecule has 2 fully saturated rings. The Morgan fingerprint density at radius 3 is 2.55 bits per heavy atom. The molecule has 64 valence electrons. The highest BCUT2D eigenvalue weighted by atomic mass is 16.5. The van der Waals surface area contributed by atoms with Crippen LogP contribution in [-0.2, 0) is 4.74 Å². The van der Waals surface area contributed by atoms with Gasteiger partial charge in [-0.05, 0) is 31.1 Å². The monoisotopic (exact) mass is 156 g/mol. The van der Waals surface area contributed by atoms with E-state index in [0.717, 1.165) is 6.61 Å². The molecule has 1 saturated heterocycles. The van der Waals surface area contributed by atoms with Crippen molar-refractivity contribution in [3.63, 3.8) is 0 Å². The molecule has 0 radical (unpaired) electrons. The Morgan fingerprint density at radius 2 is 2.27 bits per heavy atom. The molecule has 3 atom stereocenters. The smallest absolute Gasteiger partial charge is 0.0918 e. The summed E-state index contributed by atoms with van der Waals surface area (Å²) in [6.45, 7) is 5.31. The van der Waals surface area contributed by atoms with Crippen molar-refractivity contribution in [2.45, 2.75) is 32.3 Å². The van der Waals surface area contributed by atoms with Crippen LogP contribution in [0.5, 0.6) is 0 Å². The summed E-state index contributed by atoms with van der Waals surface area (Å²) in [5.41, 5.74) is 0.157. The minimum absolute atomic E-state index is 0.174. The van der Waals surface area contributed by atoms with Gasteiger partial charge in [0.15, 0.2) is 0 Å². The number of hydrogen-bond donors (Lipinski definition) is 1. The number of fused-ring (bicyclic) bond motifs is 1. The van der Waals surface area contributed by atoms with Crippen molar-refractivity contribution in [2.24, 2.45) is 11.3 Å². The van der Waals surface area contributed by atoms with Crippen molar-refractivity contribution in [1.29, 1.82) is 0 Å². The van der Waals surface area contributed by atoms with Crippen molar-refractivity contribution in [3.05, 3.63) is 0 Å². The first-order valence-corrected chi connectivity index (χ1v) is 4.36. The highest BCUT2D eigenvalue weighted by Crippen LogP contribution is 2.57. The molecule has 2 heteroatoms. The molecule has 1 heterocycles. The van der Waals surface area contributed by atoms with Gasteiger partial charge in [-0.25, -0.2) is 0 Å². The topological polar surface area (TPSA) is 29.5 Å². The lowest BCUT2D eigenvalue weighted by Gasteiger charge is -2.45. The Morgan fingerprint density at radius 1 is 1.55 bits per heavy atom. The zero-order valence-corrected chi connectivity index (χ0v) is 7.26. The van der Waals surface area contributed by atoms with Gasteiger partial charge in [0.05, 0.1) is 18.8 Å². The van der Waals surface area contributed by atoms with E-state index >= 15 is 0 Å². The molecular weight excluding hydrogens is 140 g/mol. The molecular formula is C9H16O2. The van der Waals surface area contributed by atoms with Gasteiger partial charge in [-0.15, -0.1) is 0 Å². The molecule has 0 aromatic heterocycles. The van der Waals surface area contributed by atoms with Crippen LogP contribution in [0.4, 0.5) is 0 Å². The van der Waals surface area contributed by atoms with Gasteiger partial charge >= 0.3 is 0 Å². The van der Waals surface area contributed by atoms with Gasteiger partial charge in [-0.2, -0.15) is 0 Å². The summed E-state index contributed by atoms with van der Waals surface area (Å²) in [7, 11) is 0. The molecule has 1 N–H and O–H groups in total. The van der Waals surface area contributed by atoms with Gasteiger partial charge in [0.1, 0.15) is 0 Å². The molecule has 11 heavy (non-hydrogen) atoms. The second kappa shape index (κ2) is 1.99. The fourth-order valence-electron chi connectivity index (χ4n) is 2.58. The van der Waals surface area contributed by atoms with Gasteiger partial charge in [0.2, 0.25) is 0 Å². The maximum Gasteiger partial charge on any atom is 0.0918 e. The van der Waals surface area contributed by atoms with Crippen LogP contribution >= 0.6 is 0 Å². The van der Waals surface area contributed by atoms with Crippen LogP contribution in [0.15, 0.2) is 0 Å². The predicted octanol–water partition coefficient (Wildman–Crippen LogP) is 1.18. The molecule has 0 amide bonds. The molecule has 0 aromatic rings.